The van der Waals surface area contributed by atoms with Crippen LogP contribution in [0.2, 0.25) is 0 Å². The maximum Gasteiger partial charge on any atom is 0.276 e. The van der Waals surface area contributed by atoms with E-state index in [1.165, 1.54) is 23.1 Å². The number of hydrogen-bond donors (Lipinski definition) is 2. The van der Waals surface area contributed by atoms with Gasteiger partial charge in [0.2, 0.25) is 5.91 Å². The molecule has 0 radical (unpaired) electrons. The number of thioether (sulfide) groups is 1. The van der Waals surface area contributed by atoms with E-state index < -0.39 is 0 Å². The first-order valence-electron chi connectivity index (χ1n) is 8.86. The average Bonchev–Trinajstić information content (AvgIpc) is 3.33. The molecule has 9 heteroatoms. The SMILES string of the molecule is Cc1nc(NC(=O)c2cc(C3CC3)nn2-c2ccccc2)sc1SCC(N)=O. The Morgan fingerprint density at radius 1 is 1.32 bits per heavy atom. The highest BCUT2D eigenvalue weighted by Crippen LogP contribution is 2.40. The Morgan fingerprint density at radius 3 is 2.75 bits per heavy atom. The van der Waals surface area contributed by atoms with Crippen molar-refractivity contribution in [3.05, 3.63) is 53.5 Å². The normalized spacial score (nSPS) is 13.5. The number of primary amides is 1. The highest BCUT2D eigenvalue weighted by Gasteiger charge is 2.29. The monoisotopic (exact) mass is 413 g/mol. The number of nitrogens with zero attached hydrogens (tertiary/aromatic N) is 3. The number of nitrogens with two attached hydrogens (primary N) is 1. The molecule has 0 spiro atoms. The largest absolute Gasteiger partial charge is 0.369 e. The highest BCUT2D eigenvalue weighted by molar-refractivity contribution is 8.01. The van der Waals surface area contributed by atoms with Crippen LogP contribution in [-0.2, 0) is 4.79 Å². The van der Waals surface area contributed by atoms with Crippen LogP contribution in [-0.4, -0.2) is 32.3 Å². The molecule has 0 aliphatic heterocycles. The number of aromatic nitrogens is 3. The second-order valence-corrected chi connectivity index (χ2v) is 8.82. The van der Waals surface area contributed by atoms with E-state index in [-0.39, 0.29) is 17.6 Å². The summed E-state index contributed by atoms with van der Waals surface area (Å²) < 4.78 is 2.55. The lowest BCUT2D eigenvalue weighted by Gasteiger charge is -2.06. The van der Waals surface area contributed by atoms with Gasteiger partial charge in [-0.15, -0.1) is 11.8 Å². The van der Waals surface area contributed by atoms with Crippen molar-refractivity contribution in [2.24, 2.45) is 5.73 Å². The van der Waals surface area contributed by atoms with Crippen molar-refractivity contribution in [1.29, 1.82) is 0 Å². The van der Waals surface area contributed by atoms with Crippen molar-refractivity contribution in [1.82, 2.24) is 14.8 Å². The maximum atomic E-state index is 13.0. The fourth-order valence-electron chi connectivity index (χ4n) is 2.77. The van der Waals surface area contributed by atoms with E-state index in [2.05, 4.69) is 15.4 Å². The number of amides is 2. The Balaban J connectivity index is 1.58. The molecule has 4 rings (SSSR count). The fourth-order valence-corrected chi connectivity index (χ4v) is 4.65. The van der Waals surface area contributed by atoms with Gasteiger partial charge in [-0.2, -0.15) is 5.10 Å². The molecule has 1 aromatic carbocycles. The summed E-state index contributed by atoms with van der Waals surface area (Å²) in [5.41, 5.74) is 8.23. The Labute approximate surface area is 170 Å². The summed E-state index contributed by atoms with van der Waals surface area (Å²) >= 11 is 2.66. The van der Waals surface area contributed by atoms with Gasteiger partial charge in [0, 0.05) is 5.92 Å². The number of anilines is 1. The van der Waals surface area contributed by atoms with Gasteiger partial charge in [-0.1, -0.05) is 29.5 Å². The lowest BCUT2D eigenvalue weighted by atomic mass is 10.2. The number of hydrogen-bond acceptors (Lipinski definition) is 6. The zero-order valence-corrected chi connectivity index (χ0v) is 16.8. The molecule has 3 aromatic rings. The summed E-state index contributed by atoms with van der Waals surface area (Å²) in [6, 6.07) is 11.5. The van der Waals surface area contributed by atoms with Crippen molar-refractivity contribution >= 4 is 40.0 Å². The summed E-state index contributed by atoms with van der Waals surface area (Å²) in [5.74, 6) is -0.0243. The molecule has 1 fully saturated rings. The first-order valence-corrected chi connectivity index (χ1v) is 10.7. The molecule has 0 atom stereocenters. The van der Waals surface area contributed by atoms with E-state index in [1.807, 2.05) is 43.3 Å². The molecular weight excluding hydrogens is 394 g/mol. The zero-order valence-electron chi connectivity index (χ0n) is 15.2. The van der Waals surface area contributed by atoms with Crippen LogP contribution in [0.4, 0.5) is 5.13 Å². The number of thiazole rings is 1. The first kappa shape index (κ1) is 18.7. The summed E-state index contributed by atoms with van der Waals surface area (Å²) in [7, 11) is 0. The standard InChI is InChI=1S/C19H19N5O2S2/c1-11-18(27-10-16(20)25)28-19(21-11)22-17(26)15-9-14(12-7-8-12)23-24(15)13-5-3-2-4-6-13/h2-6,9,12H,7-8,10H2,1H3,(H2,20,25)(H,21,22,26). The number of rotatable bonds is 7. The van der Waals surface area contributed by atoms with Gasteiger partial charge in [0.1, 0.15) is 5.69 Å². The molecule has 28 heavy (non-hydrogen) atoms. The van der Waals surface area contributed by atoms with Gasteiger partial charge in [-0.3, -0.25) is 14.9 Å². The van der Waals surface area contributed by atoms with Crippen LogP contribution in [0.1, 0.15) is 40.6 Å². The molecule has 3 N–H and O–H groups in total. The van der Waals surface area contributed by atoms with Crippen molar-refractivity contribution in [2.45, 2.75) is 29.9 Å². The average molecular weight is 414 g/mol. The Kier molecular flexibility index (Phi) is 5.19. The minimum Gasteiger partial charge on any atom is -0.369 e. The van der Waals surface area contributed by atoms with Gasteiger partial charge in [0.05, 0.1) is 27.0 Å². The van der Waals surface area contributed by atoms with E-state index >= 15 is 0 Å². The molecule has 0 bridgehead atoms. The molecule has 2 heterocycles. The molecule has 2 amide bonds. The summed E-state index contributed by atoms with van der Waals surface area (Å²) in [6.45, 7) is 1.84. The predicted molar refractivity (Wildman–Crippen MR) is 110 cm³/mol. The van der Waals surface area contributed by atoms with Crippen LogP contribution >= 0.6 is 23.1 Å². The number of carbonyl (C=O) groups excluding carboxylic acids is 2. The molecule has 1 aliphatic rings. The number of aryl methyl sites for hydroxylation is 1. The Hall–Kier alpha value is -2.65. The number of para-hydroxylation sites is 1. The zero-order chi connectivity index (χ0) is 19.7. The number of carbonyl (C=O) groups is 2. The fraction of sp³-hybridized carbons (Fsp3) is 0.263. The topological polar surface area (TPSA) is 103 Å². The van der Waals surface area contributed by atoms with Crippen LogP contribution in [0.25, 0.3) is 5.69 Å². The highest BCUT2D eigenvalue weighted by atomic mass is 32.2. The Morgan fingerprint density at radius 2 is 2.07 bits per heavy atom. The molecule has 1 aliphatic carbocycles. The van der Waals surface area contributed by atoms with E-state index in [1.54, 1.807) is 4.68 Å². The van der Waals surface area contributed by atoms with Crippen LogP contribution in [0.3, 0.4) is 0 Å². The van der Waals surface area contributed by atoms with Crippen LogP contribution in [0.5, 0.6) is 0 Å². The third kappa shape index (κ3) is 4.10. The van der Waals surface area contributed by atoms with E-state index in [4.69, 9.17) is 5.73 Å². The summed E-state index contributed by atoms with van der Waals surface area (Å²) in [6.07, 6.45) is 2.22. The molecule has 7 nitrogen and oxygen atoms in total. The third-order valence-electron chi connectivity index (χ3n) is 4.28. The van der Waals surface area contributed by atoms with Gasteiger partial charge in [-0.25, -0.2) is 9.67 Å². The lowest BCUT2D eigenvalue weighted by Crippen LogP contribution is -2.16. The molecular formula is C19H19N5O2S2. The lowest BCUT2D eigenvalue weighted by molar-refractivity contribution is -0.115. The quantitative estimate of drug-likeness (QED) is 0.578. The molecule has 2 aromatic heterocycles. The first-order chi connectivity index (χ1) is 13.5. The van der Waals surface area contributed by atoms with Crippen molar-refractivity contribution in [3.63, 3.8) is 0 Å². The van der Waals surface area contributed by atoms with Gasteiger partial charge in [-0.05, 0) is 38.0 Å². The van der Waals surface area contributed by atoms with E-state index in [0.717, 1.165) is 34.1 Å². The maximum absolute atomic E-state index is 13.0. The molecule has 144 valence electrons. The van der Waals surface area contributed by atoms with Crippen LogP contribution in [0.15, 0.2) is 40.6 Å². The second-order valence-electron chi connectivity index (χ2n) is 6.58. The van der Waals surface area contributed by atoms with Crippen molar-refractivity contribution in [2.75, 3.05) is 11.1 Å². The van der Waals surface area contributed by atoms with Crippen LogP contribution in [0, 0.1) is 6.92 Å². The van der Waals surface area contributed by atoms with Crippen LogP contribution < -0.4 is 11.1 Å². The summed E-state index contributed by atoms with van der Waals surface area (Å²) in [5, 5.41) is 8.02. The van der Waals surface area contributed by atoms with Crippen molar-refractivity contribution in [3.8, 4) is 5.69 Å². The van der Waals surface area contributed by atoms with Crippen molar-refractivity contribution < 1.29 is 9.59 Å². The minimum atomic E-state index is -0.386. The molecule has 0 unspecified atom stereocenters. The number of benzene rings is 1. The van der Waals surface area contributed by atoms with Gasteiger partial charge >= 0.3 is 0 Å². The minimum absolute atomic E-state index is 0.182. The Bertz CT molecular complexity index is 1020. The number of nitrogens with one attached hydrogen (secondary N) is 1. The van der Waals surface area contributed by atoms with E-state index in [0.29, 0.717) is 16.7 Å². The molecule has 0 saturated heterocycles. The van der Waals surface area contributed by atoms with Gasteiger partial charge in [0.15, 0.2) is 5.13 Å². The van der Waals surface area contributed by atoms with E-state index in [9.17, 15) is 9.59 Å². The second kappa shape index (κ2) is 7.76. The predicted octanol–water partition coefficient (Wildman–Crippen LogP) is 3.34. The summed E-state index contributed by atoms with van der Waals surface area (Å²) in [4.78, 5) is 28.4. The van der Waals surface area contributed by atoms with Gasteiger partial charge in [0.25, 0.3) is 5.91 Å². The van der Waals surface area contributed by atoms with Gasteiger partial charge < -0.3 is 5.73 Å². The molecule has 1 saturated carbocycles. The third-order valence-corrected chi connectivity index (χ3v) is 6.73. The smallest absolute Gasteiger partial charge is 0.276 e.